The van der Waals surface area contributed by atoms with E-state index in [0.717, 1.165) is 137 Å². The number of rotatable bonds is 12. The quantitative estimate of drug-likeness (QED) is 0.0989. The summed E-state index contributed by atoms with van der Waals surface area (Å²) in [4.78, 5) is 0. The number of hydrogen-bond donors (Lipinski definition) is 4. The van der Waals surface area contributed by atoms with Gasteiger partial charge in [-0.25, -0.2) is 0 Å². The Labute approximate surface area is 337 Å². The van der Waals surface area contributed by atoms with E-state index in [1.807, 2.05) is 0 Å². The van der Waals surface area contributed by atoms with Crippen LogP contribution in [0.4, 0.5) is 0 Å². The lowest BCUT2D eigenvalue weighted by molar-refractivity contribution is -0.901. The number of phenols is 4. The van der Waals surface area contributed by atoms with Gasteiger partial charge in [-0.2, -0.15) is 0 Å². The van der Waals surface area contributed by atoms with Crippen LogP contribution in [0, 0.1) is 0 Å². The molecule has 0 unspecified atom stereocenters. The molecule has 304 valence electrons. The lowest BCUT2D eigenvalue weighted by Gasteiger charge is -2.30. The molecular weight excluding hydrogens is 697 g/mol. The Kier molecular flexibility index (Phi) is 12.6. The summed E-state index contributed by atoms with van der Waals surface area (Å²) in [5.41, 5.74) is 10.5. The van der Waals surface area contributed by atoms with Gasteiger partial charge in [0.15, 0.2) is 0 Å². The normalized spacial score (nSPS) is 13.9. The van der Waals surface area contributed by atoms with E-state index in [2.05, 4.69) is 133 Å². The van der Waals surface area contributed by atoms with Crippen molar-refractivity contribution in [2.75, 3.05) is 82.6 Å². The lowest BCUT2D eigenvalue weighted by Crippen LogP contribution is -2.38. The third-order valence-electron chi connectivity index (χ3n) is 12.7. The van der Waals surface area contributed by atoms with Crippen molar-refractivity contribution in [3.8, 4) is 23.0 Å². The molecule has 4 N–H and O–H groups in total. The zero-order chi connectivity index (χ0) is 41.4. The van der Waals surface area contributed by atoms with Gasteiger partial charge in [-0.15, -0.1) is 0 Å². The van der Waals surface area contributed by atoms with Gasteiger partial charge in [0.05, 0.1) is 82.6 Å². The van der Waals surface area contributed by atoms with Gasteiger partial charge in [-0.05, 0) is 121 Å². The molecule has 8 nitrogen and oxygen atoms in total. The summed E-state index contributed by atoms with van der Waals surface area (Å²) in [5, 5.41) is 48.6. The summed E-state index contributed by atoms with van der Waals surface area (Å²) in [6.07, 6.45) is 1.38. The van der Waals surface area contributed by atoms with Crippen LogP contribution < -0.4 is 0 Å². The second kappa shape index (κ2) is 16.4. The van der Waals surface area contributed by atoms with E-state index in [4.69, 9.17) is 0 Å². The molecule has 0 spiro atoms. The Morgan fingerprint density at radius 3 is 0.589 bits per heavy atom. The Morgan fingerprint density at radius 2 is 0.464 bits per heavy atom. The molecule has 0 atom stereocenters. The van der Waals surface area contributed by atoms with E-state index < -0.39 is 0 Å². The molecule has 4 aromatic rings. The van der Waals surface area contributed by atoms with Crippen molar-refractivity contribution in [3.05, 3.63) is 115 Å². The molecular formula is C48H72N4O4+4. The van der Waals surface area contributed by atoms with E-state index >= 15 is 0 Å². The summed E-state index contributed by atoms with van der Waals surface area (Å²) >= 11 is 0. The fourth-order valence-corrected chi connectivity index (χ4v) is 8.02. The summed E-state index contributed by atoms with van der Waals surface area (Å²) in [6.45, 7) is 15.7. The molecule has 0 saturated heterocycles. The number of fused-ring (bicyclic) bond motifs is 8. The molecule has 8 bridgehead atoms. The first-order chi connectivity index (χ1) is 26.1. The van der Waals surface area contributed by atoms with Gasteiger partial charge in [0.1, 0.15) is 49.2 Å². The SMILES string of the molecule is CC[N+](C)(C)Cc1cc2c(O)c(c1)Cc1cc(C[N+](C)(C)CC)cc(c1O)Cc1cc(C[N+](C)(C)CC)cc(c1O)Cc1cc(C[N+](C)(C)CC)cc(c1O)C2. The topological polar surface area (TPSA) is 80.9 Å². The predicted molar refractivity (Wildman–Crippen MR) is 229 cm³/mol. The van der Waals surface area contributed by atoms with Gasteiger partial charge in [0, 0.05) is 47.9 Å². The molecule has 0 heterocycles. The highest BCUT2D eigenvalue weighted by Gasteiger charge is 2.26. The fraction of sp³-hybridized carbons (Fsp3) is 0.500. The summed E-state index contributed by atoms with van der Waals surface area (Å²) in [6, 6.07) is 16.8. The highest BCUT2D eigenvalue weighted by Crippen LogP contribution is 2.40. The van der Waals surface area contributed by atoms with Crippen molar-refractivity contribution in [3.63, 3.8) is 0 Å². The maximum atomic E-state index is 12.1. The minimum atomic E-state index is 0.207. The molecule has 0 aromatic heterocycles. The summed E-state index contributed by atoms with van der Waals surface area (Å²) < 4.78 is 3.13. The maximum absolute atomic E-state index is 12.1. The molecule has 1 aliphatic carbocycles. The van der Waals surface area contributed by atoms with E-state index in [0.29, 0.717) is 25.7 Å². The molecule has 8 heteroatoms. The molecule has 0 aliphatic heterocycles. The number of quaternary nitrogens is 4. The highest BCUT2D eigenvalue weighted by molar-refractivity contribution is 5.57. The molecule has 56 heavy (non-hydrogen) atoms. The molecule has 1 aliphatic rings. The van der Waals surface area contributed by atoms with Crippen LogP contribution in [-0.4, -0.2) is 121 Å². The second-order valence-corrected chi connectivity index (χ2v) is 19.4. The average molecular weight is 769 g/mol. The summed E-state index contributed by atoms with van der Waals surface area (Å²) in [5.74, 6) is 0.829. The predicted octanol–water partition coefficient (Wildman–Crippen LogP) is 7.57. The van der Waals surface area contributed by atoms with Gasteiger partial charge in [0.25, 0.3) is 0 Å². The van der Waals surface area contributed by atoms with E-state index in [1.165, 1.54) is 0 Å². The van der Waals surface area contributed by atoms with Crippen LogP contribution in [0.5, 0.6) is 23.0 Å². The van der Waals surface area contributed by atoms with Crippen LogP contribution in [0.2, 0.25) is 0 Å². The third-order valence-corrected chi connectivity index (χ3v) is 12.7. The smallest absolute Gasteiger partial charge is 0.122 e. The van der Waals surface area contributed by atoms with Crippen LogP contribution in [0.1, 0.15) is 94.5 Å². The number of nitrogens with zero attached hydrogens (tertiary/aromatic N) is 4. The zero-order valence-corrected chi connectivity index (χ0v) is 36.7. The first kappa shape index (κ1) is 43.1. The molecule has 0 saturated carbocycles. The van der Waals surface area contributed by atoms with Crippen LogP contribution in [0.15, 0.2) is 48.5 Å². The Morgan fingerprint density at radius 1 is 0.321 bits per heavy atom. The van der Waals surface area contributed by atoms with Crippen molar-refractivity contribution in [2.24, 2.45) is 0 Å². The van der Waals surface area contributed by atoms with Crippen LogP contribution >= 0.6 is 0 Å². The first-order valence-electron chi connectivity index (χ1n) is 20.7. The van der Waals surface area contributed by atoms with Gasteiger partial charge in [0.2, 0.25) is 0 Å². The van der Waals surface area contributed by atoms with Crippen molar-refractivity contribution in [2.45, 2.75) is 79.6 Å². The van der Waals surface area contributed by atoms with E-state index in [9.17, 15) is 20.4 Å². The van der Waals surface area contributed by atoms with Crippen molar-refractivity contribution < 1.29 is 38.4 Å². The van der Waals surface area contributed by atoms with Crippen molar-refractivity contribution in [1.82, 2.24) is 0 Å². The standard InChI is InChI=1S/C48H68N4O4/c1-13-49(5,6)29-33-17-37-25-39-19-34(30-50(7,8)14-2)21-41(46(39)54)27-43-23-36(32-52(11,12)16-4)24-44(48(43)56)28-42-22-35(31-51(9,10)15-3)20-40(47(42)55)26-38(18-33)45(37)53/h17-24H,13-16,25-32H2,1-12H3/p+4. The first-order valence-corrected chi connectivity index (χ1v) is 20.7. The van der Waals surface area contributed by atoms with Gasteiger partial charge in [-0.1, -0.05) is 0 Å². The number of phenolic OH excluding ortho intramolecular Hbond substituents is 4. The minimum absolute atomic E-state index is 0.207. The lowest BCUT2D eigenvalue weighted by atomic mass is 9.88. The van der Waals surface area contributed by atoms with E-state index in [-0.39, 0.29) is 23.0 Å². The van der Waals surface area contributed by atoms with Crippen LogP contribution in [0.25, 0.3) is 0 Å². The monoisotopic (exact) mass is 769 g/mol. The fourth-order valence-electron chi connectivity index (χ4n) is 8.02. The highest BCUT2D eigenvalue weighted by atomic mass is 16.3. The Hall–Kier alpha value is -4.08. The molecule has 0 amide bonds. The van der Waals surface area contributed by atoms with Gasteiger partial charge in [-0.3, -0.25) is 0 Å². The number of aromatic hydroxyl groups is 4. The summed E-state index contributed by atoms with van der Waals surface area (Å²) in [7, 11) is 17.7. The average Bonchev–Trinajstić information content (AvgIpc) is 3.11. The second-order valence-electron chi connectivity index (χ2n) is 19.4. The molecule has 0 radical (unpaired) electrons. The van der Waals surface area contributed by atoms with E-state index in [1.54, 1.807) is 0 Å². The van der Waals surface area contributed by atoms with Crippen LogP contribution in [-0.2, 0) is 51.9 Å². The molecule has 0 fully saturated rings. The minimum Gasteiger partial charge on any atom is -0.507 e. The van der Waals surface area contributed by atoms with Crippen molar-refractivity contribution in [1.29, 1.82) is 0 Å². The van der Waals surface area contributed by atoms with Crippen molar-refractivity contribution >= 4 is 0 Å². The largest absolute Gasteiger partial charge is 0.507 e. The zero-order valence-electron chi connectivity index (χ0n) is 36.7. The number of benzene rings is 4. The van der Waals surface area contributed by atoms with Gasteiger partial charge >= 0.3 is 0 Å². The molecule has 4 aromatic carbocycles. The molecule has 5 rings (SSSR count). The third kappa shape index (κ3) is 10.3. The van der Waals surface area contributed by atoms with Gasteiger partial charge < -0.3 is 38.4 Å². The number of hydrogen-bond acceptors (Lipinski definition) is 4. The Bertz CT molecular complexity index is 1680. The Balaban J connectivity index is 1.83. The van der Waals surface area contributed by atoms with Crippen LogP contribution in [0.3, 0.4) is 0 Å². The maximum Gasteiger partial charge on any atom is 0.122 e.